The zero-order valence-electron chi connectivity index (χ0n) is 10.2. The van der Waals surface area contributed by atoms with Crippen LogP contribution in [0.1, 0.15) is 23.2 Å². The highest BCUT2D eigenvalue weighted by Crippen LogP contribution is 2.20. The number of carbonyl (C=O) groups excluding carboxylic acids is 1. The van der Waals surface area contributed by atoms with Crippen molar-refractivity contribution in [2.24, 2.45) is 0 Å². The fourth-order valence-corrected chi connectivity index (χ4v) is 2.41. The van der Waals surface area contributed by atoms with Crippen molar-refractivity contribution >= 4 is 17.5 Å². The van der Waals surface area contributed by atoms with Gasteiger partial charge in [-0.2, -0.15) is 0 Å². The number of amides is 1. The number of rotatable bonds is 2. The van der Waals surface area contributed by atoms with Crippen LogP contribution in [0.15, 0.2) is 24.9 Å². The minimum Gasteiger partial charge on any atom is -0.339 e. The van der Waals surface area contributed by atoms with E-state index in [9.17, 15) is 4.79 Å². The summed E-state index contributed by atoms with van der Waals surface area (Å²) >= 11 is 6.16. The van der Waals surface area contributed by atoms with Gasteiger partial charge in [-0.25, -0.2) is 4.98 Å². The fourth-order valence-electron chi connectivity index (χ4n) is 2.15. The Hall–Kier alpha value is -1.95. The number of pyridine rings is 1. The molecule has 0 bridgehead atoms. The van der Waals surface area contributed by atoms with Gasteiger partial charge in [-0.05, 0) is 18.9 Å². The van der Waals surface area contributed by atoms with Crippen LogP contribution in [0.3, 0.4) is 0 Å². The average Bonchev–Trinajstić information content (AvgIpc) is 3.11. The summed E-state index contributed by atoms with van der Waals surface area (Å²) in [5, 5.41) is 7.81. The lowest BCUT2D eigenvalue weighted by molar-refractivity contribution is 0.0792. The number of hydrogen-bond acceptors (Lipinski definition) is 4. The van der Waals surface area contributed by atoms with Gasteiger partial charge in [-0.1, -0.05) is 11.6 Å². The molecule has 1 amide bonds. The average molecular weight is 278 g/mol. The molecule has 1 aliphatic rings. The molecule has 0 aliphatic carbocycles. The SMILES string of the molecule is O=C(c1cnc(-n2cnnc2)c(Cl)c1)N1CCCC1. The molecule has 19 heavy (non-hydrogen) atoms. The highest BCUT2D eigenvalue weighted by Gasteiger charge is 2.20. The monoisotopic (exact) mass is 277 g/mol. The highest BCUT2D eigenvalue weighted by molar-refractivity contribution is 6.32. The molecule has 0 saturated carbocycles. The number of carbonyl (C=O) groups is 1. The van der Waals surface area contributed by atoms with Gasteiger partial charge in [0.2, 0.25) is 0 Å². The second kappa shape index (κ2) is 4.97. The van der Waals surface area contributed by atoms with Gasteiger partial charge in [0, 0.05) is 19.3 Å². The van der Waals surface area contributed by atoms with E-state index < -0.39 is 0 Å². The third kappa shape index (κ3) is 2.31. The minimum absolute atomic E-state index is 0.0118. The summed E-state index contributed by atoms with van der Waals surface area (Å²) < 4.78 is 1.60. The number of likely N-dealkylation sites (tertiary alicyclic amines) is 1. The lowest BCUT2D eigenvalue weighted by Gasteiger charge is -2.15. The van der Waals surface area contributed by atoms with Crippen LogP contribution in [-0.4, -0.2) is 43.6 Å². The standard InChI is InChI=1S/C12H12ClN5O/c13-10-5-9(12(19)17-3-1-2-4-17)6-14-11(10)18-7-15-16-8-18/h5-8H,1-4H2. The third-order valence-corrected chi connectivity index (χ3v) is 3.40. The molecule has 3 heterocycles. The van der Waals surface area contributed by atoms with E-state index in [1.807, 2.05) is 4.90 Å². The maximum atomic E-state index is 12.2. The van der Waals surface area contributed by atoms with Gasteiger partial charge in [0.25, 0.3) is 5.91 Å². The number of halogens is 1. The fraction of sp³-hybridized carbons (Fsp3) is 0.333. The van der Waals surface area contributed by atoms with Crippen LogP contribution in [0.2, 0.25) is 5.02 Å². The van der Waals surface area contributed by atoms with Gasteiger partial charge in [-0.15, -0.1) is 10.2 Å². The first kappa shape index (κ1) is 12.1. The Labute approximate surface area is 115 Å². The highest BCUT2D eigenvalue weighted by atomic mass is 35.5. The second-order valence-electron chi connectivity index (χ2n) is 4.40. The van der Waals surface area contributed by atoms with E-state index in [4.69, 9.17) is 11.6 Å². The molecule has 1 saturated heterocycles. The number of hydrogen-bond donors (Lipinski definition) is 0. The first-order chi connectivity index (χ1) is 9.25. The van der Waals surface area contributed by atoms with Crippen molar-refractivity contribution in [3.63, 3.8) is 0 Å². The lowest BCUT2D eigenvalue weighted by atomic mass is 10.2. The summed E-state index contributed by atoms with van der Waals surface area (Å²) in [7, 11) is 0. The van der Waals surface area contributed by atoms with Gasteiger partial charge in [0.15, 0.2) is 5.82 Å². The van der Waals surface area contributed by atoms with Crippen LogP contribution in [0, 0.1) is 0 Å². The number of aromatic nitrogens is 4. The normalized spacial score (nSPS) is 14.9. The molecule has 98 valence electrons. The molecule has 0 spiro atoms. The zero-order chi connectivity index (χ0) is 13.2. The van der Waals surface area contributed by atoms with Crippen molar-refractivity contribution in [2.75, 3.05) is 13.1 Å². The first-order valence-electron chi connectivity index (χ1n) is 6.05. The van der Waals surface area contributed by atoms with E-state index in [0.717, 1.165) is 25.9 Å². The van der Waals surface area contributed by atoms with Crippen molar-refractivity contribution in [1.29, 1.82) is 0 Å². The molecule has 6 nitrogen and oxygen atoms in total. The maximum Gasteiger partial charge on any atom is 0.255 e. The molecule has 0 N–H and O–H groups in total. The van der Waals surface area contributed by atoms with Gasteiger partial charge >= 0.3 is 0 Å². The Morgan fingerprint density at radius 2 is 1.89 bits per heavy atom. The van der Waals surface area contributed by atoms with Gasteiger partial charge < -0.3 is 4.90 Å². The summed E-state index contributed by atoms with van der Waals surface area (Å²) in [6.07, 6.45) is 6.69. The molecular weight excluding hydrogens is 266 g/mol. The molecule has 7 heteroatoms. The van der Waals surface area contributed by atoms with Crippen molar-refractivity contribution in [2.45, 2.75) is 12.8 Å². The summed E-state index contributed by atoms with van der Waals surface area (Å²) in [4.78, 5) is 18.2. The quantitative estimate of drug-likeness (QED) is 0.835. The molecule has 0 radical (unpaired) electrons. The number of nitrogens with zero attached hydrogens (tertiary/aromatic N) is 5. The van der Waals surface area contributed by atoms with Gasteiger partial charge in [0.05, 0.1) is 10.6 Å². The molecule has 2 aromatic heterocycles. The Balaban J connectivity index is 1.89. The predicted octanol–water partition coefficient (Wildman–Crippen LogP) is 1.55. The molecule has 1 aliphatic heterocycles. The summed E-state index contributed by atoms with van der Waals surface area (Å²) in [5.41, 5.74) is 0.517. The zero-order valence-corrected chi connectivity index (χ0v) is 10.9. The largest absolute Gasteiger partial charge is 0.339 e. The van der Waals surface area contributed by atoms with E-state index in [-0.39, 0.29) is 5.91 Å². The van der Waals surface area contributed by atoms with E-state index in [1.54, 1.807) is 16.8 Å². The minimum atomic E-state index is -0.0118. The Morgan fingerprint density at radius 3 is 2.53 bits per heavy atom. The Bertz CT molecular complexity index is 592. The van der Waals surface area contributed by atoms with E-state index in [1.165, 1.54) is 12.7 Å². The molecule has 0 unspecified atom stereocenters. The third-order valence-electron chi connectivity index (χ3n) is 3.13. The van der Waals surface area contributed by atoms with Crippen LogP contribution in [-0.2, 0) is 0 Å². The summed E-state index contributed by atoms with van der Waals surface area (Å²) in [5.74, 6) is 0.506. The van der Waals surface area contributed by atoms with Crippen molar-refractivity contribution in [3.8, 4) is 5.82 Å². The second-order valence-corrected chi connectivity index (χ2v) is 4.81. The van der Waals surface area contributed by atoms with E-state index in [0.29, 0.717) is 16.4 Å². The lowest BCUT2D eigenvalue weighted by Crippen LogP contribution is -2.27. The topological polar surface area (TPSA) is 63.9 Å². The molecule has 0 atom stereocenters. The summed E-state index contributed by atoms with van der Waals surface area (Å²) in [6.45, 7) is 1.62. The van der Waals surface area contributed by atoms with Crippen LogP contribution in [0.4, 0.5) is 0 Å². The van der Waals surface area contributed by atoms with Gasteiger partial charge in [0.1, 0.15) is 12.7 Å². The first-order valence-corrected chi connectivity index (χ1v) is 6.43. The van der Waals surface area contributed by atoms with Crippen LogP contribution in [0.5, 0.6) is 0 Å². The molecule has 0 aromatic carbocycles. The smallest absolute Gasteiger partial charge is 0.255 e. The predicted molar refractivity (Wildman–Crippen MR) is 69.3 cm³/mol. The molecular formula is C12H12ClN5O. The van der Waals surface area contributed by atoms with Gasteiger partial charge in [-0.3, -0.25) is 9.36 Å². The van der Waals surface area contributed by atoms with Crippen molar-refractivity contribution < 1.29 is 4.79 Å². The molecule has 3 rings (SSSR count). The Kier molecular flexibility index (Phi) is 3.16. The van der Waals surface area contributed by atoms with Crippen molar-refractivity contribution in [3.05, 3.63) is 35.5 Å². The Morgan fingerprint density at radius 1 is 1.21 bits per heavy atom. The molecule has 2 aromatic rings. The van der Waals surface area contributed by atoms with Crippen LogP contribution < -0.4 is 0 Å². The van der Waals surface area contributed by atoms with Crippen molar-refractivity contribution in [1.82, 2.24) is 24.6 Å². The van der Waals surface area contributed by atoms with Crippen LogP contribution >= 0.6 is 11.6 Å². The van der Waals surface area contributed by atoms with E-state index in [2.05, 4.69) is 15.2 Å². The maximum absolute atomic E-state index is 12.2. The summed E-state index contributed by atoms with van der Waals surface area (Å²) in [6, 6.07) is 1.64. The molecule has 1 fully saturated rings. The van der Waals surface area contributed by atoms with Crippen LogP contribution in [0.25, 0.3) is 5.82 Å². The van der Waals surface area contributed by atoms with E-state index >= 15 is 0 Å².